The number of aliphatic hydroxyl groups is 1. The van der Waals surface area contributed by atoms with E-state index < -0.39 is 36.1 Å². The molecule has 5 rings (SSSR count). The second-order valence-corrected chi connectivity index (χ2v) is 9.16. The molecule has 41 heavy (non-hydrogen) atoms. The first-order chi connectivity index (χ1) is 19.6. The number of aliphatic hydroxyl groups excluding tert-OH is 1. The Balaban J connectivity index is 1.35. The van der Waals surface area contributed by atoms with Crippen molar-refractivity contribution in [2.24, 2.45) is 0 Å². The molecule has 0 saturated carbocycles. The minimum absolute atomic E-state index is 0.0829. The summed E-state index contributed by atoms with van der Waals surface area (Å²) in [7, 11) is 0. The number of nitrogens with one attached hydrogen (secondary N) is 3. The van der Waals surface area contributed by atoms with Crippen LogP contribution in [0.15, 0.2) is 73.1 Å². The largest absolute Gasteiger partial charge is 0.417 e. The maximum atomic E-state index is 13.4. The molecule has 1 atom stereocenters. The number of carbonyl (C=O) groups excluding carboxylic acids is 1. The van der Waals surface area contributed by atoms with Crippen molar-refractivity contribution in [2.45, 2.75) is 18.8 Å². The third kappa shape index (κ3) is 6.09. The summed E-state index contributed by atoms with van der Waals surface area (Å²) in [6.45, 7) is -0.416. The number of nitrogen functional groups attached to an aromatic ring is 1. The summed E-state index contributed by atoms with van der Waals surface area (Å²) in [5.74, 6) is -1.16. The van der Waals surface area contributed by atoms with Crippen molar-refractivity contribution < 1.29 is 27.5 Å². The van der Waals surface area contributed by atoms with E-state index in [2.05, 4.69) is 30.8 Å². The monoisotopic (exact) mass is 565 g/mol. The number of H-pyrrole nitrogens is 1. The molecule has 0 fully saturated rings. The van der Waals surface area contributed by atoms with E-state index in [1.807, 2.05) is 30.3 Å². The van der Waals surface area contributed by atoms with E-state index in [1.165, 1.54) is 12.1 Å². The molecular weight excluding hydrogens is 542 g/mol. The van der Waals surface area contributed by atoms with Crippen LogP contribution < -0.4 is 16.4 Å². The van der Waals surface area contributed by atoms with E-state index in [9.17, 15) is 27.5 Å². The number of hydrogen-bond donors (Lipinski definition) is 5. The standard InChI is InChI=1S/C28H23F4N7O2/c29-20-7-5-17(6-8-20)23(14-40)37-27(41)22-10-19(28(30,31)32)13-36-25(22)34-11-15-1-3-16(4-2-15)18-9-21-24(33)38-39-26(21)35-12-18/h1-10,12-13,23,40H,11,14H2,(H,34,36)(H,37,41)(H3,33,35,38,39). The summed E-state index contributed by atoms with van der Waals surface area (Å²) in [6.07, 6.45) is -2.42. The van der Waals surface area contributed by atoms with Crippen molar-refractivity contribution in [3.05, 3.63) is 101 Å². The van der Waals surface area contributed by atoms with Crippen molar-refractivity contribution in [3.63, 3.8) is 0 Å². The predicted octanol–water partition coefficient (Wildman–Crippen LogP) is 4.84. The highest BCUT2D eigenvalue weighted by atomic mass is 19.4. The van der Waals surface area contributed by atoms with Gasteiger partial charge in [-0.05, 0) is 41.0 Å². The van der Waals surface area contributed by atoms with Gasteiger partial charge in [0.15, 0.2) is 11.5 Å². The third-order valence-corrected chi connectivity index (χ3v) is 6.41. The van der Waals surface area contributed by atoms with Crippen molar-refractivity contribution in [3.8, 4) is 11.1 Å². The van der Waals surface area contributed by atoms with Gasteiger partial charge < -0.3 is 21.5 Å². The SMILES string of the molecule is Nc1n[nH]c2ncc(-c3ccc(CNc4ncc(C(F)(F)F)cc4C(=O)NC(CO)c4ccc(F)cc4)cc3)cc12. The molecule has 0 bridgehead atoms. The van der Waals surface area contributed by atoms with Gasteiger partial charge in [-0.15, -0.1) is 0 Å². The Labute approximate surface area is 230 Å². The van der Waals surface area contributed by atoms with E-state index >= 15 is 0 Å². The van der Waals surface area contributed by atoms with E-state index in [1.54, 1.807) is 6.20 Å². The van der Waals surface area contributed by atoms with Gasteiger partial charge in [0.1, 0.15) is 11.6 Å². The highest BCUT2D eigenvalue weighted by Gasteiger charge is 2.33. The molecule has 1 unspecified atom stereocenters. The summed E-state index contributed by atoms with van der Waals surface area (Å²) < 4.78 is 53.6. The van der Waals surface area contributed by atoms with Crippen molar-refractivity contribution in [2.75, 3.05) is 17.7 Å². The molecule has 13 heteroatoms. The molecule has 2 aromatic carbocycles. The number of rotatable bonds is 8. The lowest BCUT2D eigenvalue weighted by Crippen LogP contribution is -2.31. The number of halogens is 4. The number of hydrogen-bond acceptors (Lipinski definition) is 7. The summed E-state index contributed by atoms with van der Waals surface area (Å²) >= 11 is 0. The van der Waals surface area contributed by atoms with Gasteiger partial charge in [-0.3, -0.25) is 9.89 Å². The number of alkyl halides is 3. The molecule has 0 aliphatic heterocycles. The average Bonchev–Trinajstić information content (AvgIpc) is 3.34. The van der Waals surface area contributed by atoms with Crippen molar-refractivity contribution in [1.82, 2.24) is 25.5 Å². The molecule has 0 radical (unpaired) electrons. The first-order valence-electron chi connectivity index (χ1n) is 12.3. The number of anilines is 2. The Morgan fingerprint density at radius 2 is 1.73 bits per heavy atom. The quantitative estimate of drug-likeness (QED) is 0.170. The fourth-order valence-electron chi connectivity index (χ4n) is 4.18. The molecule has 0 aliphatic carbocycles. The van der Waals surface area contributed by atoms with E-state index in [4.69, 9.17) is 5.73 Å². The lowest BCUT2D eigenvalue weighted by Gasteiger charge is -2.19. The van der Waals surface area contributed by atoms with E-state index in [0.29, 0.717) is 34.7 Å². The van der Waals surface area contributed by atoms with Crippen LogP contribution in [0.1, 0.15) is 33.1 Å². The highest BCUT2D eigenvalue weighted by molar-refractivity contribution is 5.99. The molecule has 5 aromatic rings. The van der Waals surface area contributed by atoms with Crippen molar-refractivity contribution in [1.29, 1.82) is 0 Å². The van der Waals surface area contributed by atoms with Crippen LogP contribution in [0.3, 0.4) is 0 Å². The summed E-state index contributed by atoms with van der Waals surface area (Å²) in [5, 5.41) is 22.6. The number of fused-ring (bicyclic) bond motifs is 1. The van der Waals surface area contributed by atoms with Gasteiger partial charge in [0.25, 0.3) is 5.91 Å². The number of aromatic amines is 1. The maximum Gasteiger partial charge on any atom is 0.417 e. The number of amides is 1. The Hall–Kier alpha value is -5.04. The zero-order chi connectivity index (χ0) is 29.1. The fourth-order valence-corrected chi connectivity index (χ4v) is 4.18. The number of benzene rings is 2. The van der Waals surface area contributed by atoms with Gasteiger partial charge >= 0.3 is 6.18 Å². The number of pyridine rings is 2. The molecule has 0 spiro atoms. The fraction of sp³-hybridized carbons (Fsp3) is 0.143. The first-order valence-corrected chi connectivity index (χ1v) is 12.3. The Morgan fingerprint density at radius 1 is 1.00 bits per heavy atom. The molecule has 3 aromatic heterocycles. The topological polar surface area (TPSA) is 142 Å². The number of aromatic nitrogens is 4. The van der Waals surface area contributed by atoms with Gasteiger partial charge in [0.05, 0.1) is 29.2 Å². The van der Waals surface area contributed by atoms with E-state index in [-0.39, 0.29) is 17.9 Å². The third-order valence-electron chi connectivity index (χ3n) is 6.41. The minimum Gasteiger partial charge on any atom is -0.394 e. The van der Waals surface area contributed by atoms with Crippen molar-refractivity contribution >= 4 is 28.6 Å². The van der Waals surface area contributed by atoms with Gasteiger partial charge in [-0.25, -0.2) is 14.4 Å². The molecule has 6 N–H and O–H groups in total. The zero-order valence-corrected chi connectivity index (χ0v) is 21.2. The highest BCUT2D eigenvalue weighted by Crippen LogP contribution is 2.31. The van der Waals surface area contributed by atoms with Crippen LogP contribution in [0.4, 0.5) is 29.2 Å². The van der Waals surface area contributed by atoms with Gasteiger partial charge in [-0.2, -0.15) is 18.3 Å². The minimum atomic E-state index is -4.73. The maximum absolute atomic E-state index is 13.4. The zero-order valence-electron chi connectivity index (χ0n) is 21.2. The molecule has 0 saturated heterocycles. The molecule has 9 nitrogen and oxygen atoms in total. The van der Waals surface area contributed by atoms with Crippen LogP contribution in [0.5, 0.6) is 0 Å². The normalized spacial score (nSPS) is 12.3. The molecule has 3 heterocycles. The number of carbonyl (C=O) groups is 1. The van der Waals surface area contributed by atoms with Crippen LogP contribution >= 0.6 is 0 Å². The Bertz CT molecular complexity index is 1690. The lowest BCUT2D eigenvalue weighted by molar-refractivity contribution is -0.137. The second kappa shape index (κ2) is 11.2. The van der Waals surface area contributed by atoms with Gasteiger partial charge in [0.2, 0.25) is 0 Å². The van der Waals surface area contributed by atoms with Gasteiger partial charge in [-0.1, -0.05) is 36.4 Å². The summed E-state index contributed by atoms with van der Waals surface area (Å²) in [5.41, 5.74) is 7.76. The predicted molar refractivity (Wildman–Crippen MR) is 144 cm³/mol. The molecular formula is C28H23F4N7O2. The lowest BCUT2D eigenvalue weighted by atomic mass is 10.0. The van der Waals surface area contributed by atoms with Gasteiger partial charge in [0, 0.05) is 24.5 Å². The molecule has 0 aliphatic rings. The van der Waals surface area contributed by atoms with Crippen LogP contribution in [-0.4, -0.2) is 37.8 Å². The molecule has 210 valence electrons. The first kappa shape index (κ1) is 27.5. The number of nitrogens with zero attached hydrogens (tertiary/aromatic N) is 3. The average molecular weight is 566 g/mol. The summed E-state index contributed by atoms with van der Waals surface area (Å²) in [4.78, 5) is 21.3. The Kier molecular flexibility index (Phi) is 7.53. The van der Waals surface area contributed by atoms with Crippen LogP contribution in [-0.2, 0) is 12.7 Å². The number of nitrogens with two attached hydrogens (primary N) is 1. The van der Waals surface area contributed by atoms with Crippen LogP contribution in [0, 0.1) is 5.82 Å². The summed E-state index contributed by atoms with van der Waals surface area (Å²) in [6, 6.07) is 13.9. The van der Waals surface area contributed by atoms with Crippen LogP contribution in [0.2, 0.25) is 0 Å². The smallest absolute Gasteiger partial charge is 0.394 e. The molecule has 1 amide bonds. The van der Waals surface area contributed by atoms with E-state index in [0.717, 1.165) is 28.8 Å². The van der Waals surface area contributed by atoms with Crippen LogP contribution in [0.25, 0.3) is 22.2 Å². The second-order valence-electron chi connectivity index (χ2n) is 9.16. The Morgan fingerprint density at radius 3 is 2.41 bits per heavy atom.